The highest BCUT2D eigenvalue weighted by atomic mass is 16.5. The van der Waals surface area contributed by atoms with Crippen LogP contribution in [0, 0.1) is 0 Å². The number of hydrogen-bond acceptors (Lipinski definition) is 5. The second-order valence-corrected chi connectivity index (χ2v) is 8.42. The number of nitrogens with one attached hydrogen (secondary N) is 2. The van der Waals surface area contributed by atoms with E-state index in [1.54, 1.807) is 0 Å². The maximum Gasteiger partial charge on any atom is 0.251 e. The lowest BCUT2D eigenvalue weighted by Crippen LogP contribution is -2.57. The zero-order valence-corrected chi connectivity index (χ0v) is 16.9. The lowest BCUT2D eigenvalue weighted by Gasteiger charge is -2.40. The molecule has 3 N–H and O–H groups in total. The van der Waals surface area contributed by atoms with Crippen LogP contribution in [0.2, 0.25) is 0 Å². The van der Waals surface area contributed by atoms with Gasteiger partial charge in [-0.2, -0.15) is 0 Å². The first-order valence-corrected chi connectivity index (χ1v) is 10.8. The third-order valence-corrected chi connectivity index (χ3v) is 6.45. The molecule has 7 heteroatoms. The summed E-state index contributed by atoms with van der Waals surface area (Å²) in [5, 5.41) is 15.1. The number of hydrogen-bond donors (Lipinski definition) is 3. The number of carbonyl (C=O) groups is 2. The van der Waals surface area contributed by atoms with Gasteiger partial charge in [-0.25, -0.2) is 0 Å². The molecule has 2 atom stereocenters. The number of carbonyl (C=O) groups excluding carboxylic acids is 2. The Hall–Kier alpha value is -2.12. The molecule has 3 aliphatic rings. The van der Waals surface area contributed by atoms with Crippen LogP contribution in [-0.2, 0) is 11.2 Å². The van der Waals surface area contributed by atoms with E-state index in [2.05, 4.69) is 15.5 Å². The number of fused-ring (bicyclic) bond motifs is 2. The number of ether oxygens (including phenoxy) is 1. The average Bonchev–Trinajstić information content (AvgIpc) is 3.12. The van der Waals surface area contributed by atoms with Gasteiger partial charge in [-0.1, -0.05) is 0 Å². The van der Waals surface area contributed by atoms with Crippen molar-refractivity contribution < 1.29 is 19.4 Å². The topological polar surface area (TPSA) is 90.9 Å². The van der Waals surface area contributed by atoms with Gasteiger partial charge < -0.3 is 20.5 Å². The molecule has 1 aromatic carbocycles. The Kier molecular flexibility index (Phi) is 6.06. The molecule has 2 amide bonds. The minimum Gasteiger partial charge on any atom is -0.493 e. The molecule has 158 valence electrons. The summed E-state index contributed by atoms with van der Waals surface area (Å²) < 4.78 is 5.64. The molecule has 0 bridgehead atoms. The molecule has 29 heavy (non-hydrogen) atoms. The van der Waals surface area contributed by atoms with Gasteiger partial charge in [-0.15, -0.1) is 0 Å². The van der Waals surface area contributed by atoms with E-state index < -0.39 is 5.54 Å². The van der Waals surface area contributed by atoms with Gasteiger partial charge in [0.05, 0.1) is 6.61 Å². The van der Waals surface area contributed by atoms with E-state index in [9.17, 15) is 9.59 Å². The summed E-state index contributed by atoms with van der Waals surface area (Å²) in [5.41, 5.74) is 1.21. The largest absolute Gasteiger partial charge is 0.493 e. The van der Waals surface area contributed by atoms with Crippen molar-refractivity contribution in [3.8, 4) is 5.75 Å². The first-order chi connectivity index (χ1) is 14.1. The average molecular weight is 402 g/mol. The normalized spacial score (nSPS) is 26.2. The molecule has 0 radical (unpaired) electrons. The molecule has 0 aromatic heterocycles. The Morgan fingerprint density at radius 1 is 1.28 bits per heavy atom. The van der Waals surface area contributed by atoms with Crippen LogP contribution < -0.4 is 15.4 Å². The summed E-state index contributed by atoms with van der Waals surface area (Å²) in [7, 11) is 0. The summed E-state index contributed by atoms with van der Waals surface area (Å²) >= 11 is 0. The highest BCUT2D eigenvalue weighted by molar-refractivity contribution is 5.95. The Labute approximate surface area is 171 Å². The van der Waals surface area contributed by atoms with Crippen LogP contribution in [0.25, 0.3) is 0 Å². The van der Waals surface area contributed by atoms with Crippen LogP contribution in [-0.4, -0.2) is 66.2 Å². The second-order valence-electron chi connectivity index (χ2n) is 8.42. The zero-order chi connectivity index (χ0) is 20.3. The van der Waals surface area contributed by atoms with Crippen molar-refractivity contribution in [2.45, 2.75) is 56.5 Å². The van der Waals surface area contributed by atoms with E-state index >= 15 is 0 Å². The van der Waals surface area contributed by atoms with E-state index in [4.69, 9.17) is 9.84 Å². The van der Waals surface area contributed by atoms with Crippen molar-refractivity contribution in [2.24, 2.45) is 0 Å². The van der Waals surface area contributed by atoms with E-state index in [-0.39, 0.29) is 24.5 Å². The molecule has 0 unspecified atom stereocenters. The number of nitrogens with zero attached hydrogens (tertiary/aromatic N) is 1. The van der Waals surface area contributed by atoms with Crippen molar-refractivity contribution in [3.05, 3.63) is 29.3 Å². The minimum atomic E-state index is -0.532. The number of benzene rings is 1. The molecule has 0 saturated carbocycles. The molecule has 4 rings (SSSR count). The minimum absolute atomic E-state index is 0.0355. The van der Waals surface area contributed by atoms with E-state index in [1.807, 2.05) is 18.2 Å². The van der Waals surface area contributed by atoms with Crippen molar-refractivity contribution in [2.75, 3.05) is 32.8 Å². The number of piperidine rings is 1. The molecule has 2 fully saturated rings. The third kappa shape index (κ3) is 4.12. The Morgan fingerprint density at radius 3 is 3.03 bits per heavy atom. The molecular formula is C22H31N3O4. The maximum absolute atomic E-state index is 13.0. The number of aliphatic hydroxyl groups excluding tert-OH is 1. The van der Waals surface area contributed by atoms with Gasteiger partial charge >= 0.3 is 0 Å². The standard InChI is InChI=1S/C22H31N3O4/c26-11-4-9-23-21(28)22-8-1-2-10-25(22)15-18(14-22)24-20(27)17-6-7-19-16(13-17)5-3-12-29-19/h6-7,13,18,26H,1-5,8-12,14-15H2,(H,23,28)(H,24,27)/t18-,22-/m0/s1. The van der Waals surface area contributed by atoms with Gasteiger partial charge in [-0.3, -0.25) is 14.5 Å². The summed E-state index contributed by atoms with van der Waals surface area (Å²) in [6, 6.07) is 5.59. The van der Waals surface area contributed by atoms with Gasteiger partial charge in [-0.05, 0) is 75.3 Å². The van der Waals surface area contributed by atoms with Crippen LogP contribution in [0.4, 0.5) is 0 Å². The monoisotopic (exact) mass is 401 g/mol. The van der Waals surface area contributed by atoms with E-state index in [0.29, 0.717) is 31.5 Å². The van der Waals surface area contributed by atoms with Crippen LogP contribution in [0.1, 0.15) is 54.4 Å². The molecule has 3 heterocycles. The van der Waals surface area contributed by atoms with Crippen LogP contribution in [0.3, 0.4) is 0 Å². The highest BCUT2D eigenvalue weighted by Gasteiger charge is 2.52. The highest BCUT2D eigenvalue weighted by Crippen LogP contribution is 2.38. The summed E-state index contributed by atoms with van der Waals surface area (Å²) in [5.74, 6) is 0.830. The SMILES string of the molecule is O=C(N[C@@H]1CN2CCCC[C@@]2(C(=O)NCCCO)C1)c1ccc2c(c1)CCCO2. The lowest BCUT2D eigenvalue weighted by molar-refractivity contribution is -0.133. The molecule has 1 aromatic rings. The van der Waals surface area contributed by atoms with Gasteiger partial charge in [0.1, 0.15) is 11.3 Å². The molecule has 2 saturated heterocycles. The second kappa shape index (κ2) is 8.71. The van der Waals surface area contributed by atoms with Crippen molar-refractivity contribution in [1.82, 2.24) is 15.5 Å². The van der Waals surface area contributed by atoms with Crippen molar-refractivity contribution >= 4 is 11.8 Å². The fourth-order valence-electron chi connectivity index (χ4n) is 4.99. The van der Waals surface area contributed by atoms with Gasteiger partial charge in [0.25, 0.3) is 5.91 Å². The van der Waals surface area contributed by atoms with Crippen LogP contribution in [0.5, 0.6) is 5.75 Å². The third-order valence-electron chi connectivity index (χ3n) is 6.45. The molecule has 0 spiro atoms. The molecular weight excluding hydrogens is 370 g/mol. The van der Waals surface area contributed by atoms with Crippen LogP contribution in [0.15, 0.2) is 18.2 Å². The van der Waals surface area contributed by atoms with Crippen molar-refractivity contribution in [1.29, 1.82) is 0 Å². The first-order valence-electron chi connectivity index (χ1n) is 10.8. The predicted molar refractivity (Wildman–Crippen MR) is 109 cm³/mol. The predicted octanol–water partition coefficient (Wildman–Crippen LogP) is 1.24. The Balaban J connectivity index is 1.43. The summed E-state index contributed by atoms with van der Waals surface area (Å²) in [4.78, 5) is 28.1. The summed E-state index contributed by atoms with van der Waals surface area (Å²) in [6.45, 7) is 2.88. The fourth-order valence-corrected chi connectivity index (χ4v) is 4.99. The Bertz CT molecular complexity index is 768. The fraction of sp³-hybridized carbons (Fsp3) is 0.636. The maximum atomic E-state index is 13.0. The Morgan fingerprint density at radius 2 is 2.17 bits per heavy atom. The van der Waals surface area contributed by atoms with Gasteiger partial charge in [0.2, 0.25) is 5.91 Å². The van der Waals surface area contributed by atoms with Gasteiger partial charge in [0.15, 0.2) is 0 Å². The van der Waals surface area contributed by atoms with E-state index in [1.165, 1.54) is 0 Å². The smallest absolute Gasteiger partial charge is 0.251 e. The number of aryl methyl sites for hydroxylation is 1. The summed E-state index contributed by atoms with van der Waals surface area (Å²) in [6.07, 6.45) is 6.03. The van der Waals surface area contributed by atoms with Gasteiger partial charge in [0, 0.05) is 31.3 Å². The first kappa shape index (κ1) is 20.2. The number of amides is 2. The van der Waals surface area contributed by atoms with E-state index in [0.717, 1.165) is 56.6 Å². The zero-order valence-electron chi connectivity index (χ0n) is 16.9. The molecule has 0 aliphatic carbocycles. The molecule has 7 nitrogen and oxygen atoms in total. The quantitative estimate of drug-likeness (QED) is 0.624. The van der Waals surface area contributed by atoms with Crippen molar-refractivity contribution in [3.63, 3.8) is 0 Å². The molecule has 3 aliphatic heterocycles. The lowest BCUT2D eigenvalue weighted by atomic mass is 9.84. The number of rotatable bonds is 6. The van der Waals surface area contributed by atoms with Crippen LogP contribution >= 0.6 is 0 Å². The number of aliphatic hydroxyl groups is 1.